The molecular weight excluding hydrogens is 344 g/mol. The molecule has 0 saturated heterocycles. The number of rotatable bonds is 4. The number of benzene rings is 2. The number of fused-ring (bicyclic) bond motifs is 3. The van der Waals surface area contributed by atoms with Gasteiger partial charge in [0.2, 0.25) is 0 Å². The molecule has 2 heterocycles. The first kappa shape index (κ1) is 17.1. The summed E-state index contributed by atoms with van der Waals surface area (Å²) in [7, 11) is -3.64. The van der Waals surface area contributed by atoms with Crippen molar-refractivity contribution in [3.8, 4) is 0 Å². The van der Waals surface area contributed by atoms with Gasteiger partial charge in [-0.05, 0) is 30.7 Å². The normalized spacial score (nSPS) is 18.0. The fourth-order valence-corrected chi connectivity index (χ4v) is 5.47. The van der Waals surface area contributed by atoms with E-state index < -0.39 is 10.0 Å². The average molecular weight is 366 g/mol. The van der Waals surface area contributed by atoms with Crippen LogP contribution in [0, 0.1) is 0 Å². The molecule has 4 rings (SSSR count). The smallest absolute Gasteiger partial charge is 0.268 e. The molecule has 1 aliphatic heterocycles. The summed E-state index contributed by atoms with van der Waals surface area (Å²) in [5.74, 6) is 0. The Hall–Kier alpha value is -2.37. The Morgan fingerprint density at radius 1 is 1.12 bits per heavy atom. The number of aromatic nitrogens is 1. The largest absolute Gasteiger partial charge is 0.292 e. The van der Waals surface area contributed by atoms with Gasteiger partial charge in [0.15, 0.2) is 0 Å². The van der Waals surface area contributed by atoms with Gasteiger partial charge in [-0.25, -0.2) is 12.4 Å². The van der Waals surface area contributed by atoms with Gasteiger partial charge in [-0.3, -0.25) is 4.90 Å². The first-order chi connectivity index (χ1) is 12.5. The van der Waals surface area contributed by atoms with Crippen molar-refractivity contribution < 1.29 is 8.42 Å². The summed E-state index contributed by atoms with van der Waals surface area (Å²) in [5, 5.41) is 1.02. The molecule has 0 spiro atoms. The van der Waals surface area contributed by atoms with Gasteiger partial charge in [0.1, 0.15) is 0 Å². The van der Waals surface area contributed by atoms with E-state index in [2.05, 4.69) is 18.4 Å². The zero-order chi connectivity index (χ0) is 18.3. The highest BCUT2D eigenvalue weighted by Gasteiger charge is 2.32. The Bertz CT molecular complexity index is 1070. The molecule has 0 bridgehead atoms. The zero-order valence-electron chi connectivity index (χ0n) is 14.8. The molecule has 1 atom stereocenters. The summed E-state index contributed by atoms with van der Waals surface area (Å²) in [4.78, 5) is 2.66. The number of para-hydroxylation sites is 1. The van der Waals surface area contributed by atoms with Crippen LogP contribution in [-0.2, 0) is 23.0 Å². The number of hydrogen-bond donors (Lipinski definition) is 0. The van der Waals surface area contributed by atoms with Crippen molar-refractivity contribution in [3.63, 3.8) is 0 Å². The van der Waals surface area contributed by atoms with Crippen molar-refractivity contribution in [1.29, 1.82) is 0 Å². The second kappa shape index (κ2) is 6.41. The predicted octanol–water partition coefficient (Wildman–Crippen LogP) is 3.81. The Morgan fingerprint density at radius 3 is 2.54 bits per heavy atom. The fourth-order valence-electron chi connectivity index (χ4n) is 3.86. The van der Waals surface area contributed by atoms with E-state index in [0.717, 1.165) is 35.2 Å². The maximum absolute atomic E-state index is 13.4. The molecule has 1 aliphatic rings. The van der Waals surface area contributed by atoms with Gasteiger partial charge in [0.25, 0.3) is 10.0 Å². The van der Waals surface area contributed by atoms with Crippen LogP contribution in [0.2, 0.25) is 0 Å². The maximum Gasteiger partial charge on any atom is 0.268 e. The first-order valence-electron chi connectivity index (χ1n) is 8.81. The van der Waals surface area contributed by atoms with E-state index in [1.54, 1.807) is 28.2 Å². The van der Waals surface area contributed by atoms with Crippen LogP contribution < -0.4 is 0 Å². The van der Waals surface area contributed by atoms with Crippen molar-refractivity contribution >= 4 is 20.9 Å². The summed E-state index contributed by atoms with van der Waals surface area (Å²) >= 11 is 0. The van der Waals surface area contributed by atoms with Gasteiger partial charge < -0.3 is 0 Å². The van der Waals surface area contributed by atoms with Gasteiger partial charge in [0, 0.05) is 36.6 Å². The summed E-state index contributed by atoms with van der Waals surface area (Å²) in [6, 6.07) is 16.7. The molecule has 3 aromatic rings. The Labute approximate surface area is 154 Å². The van der Waals surface area contributed by atoms with Crippen molar-refractivity contribution in [2.45, 2.75) is 30.8 Å². The molecule has 26 heavy (non-hydrogen) atoms. The van der Waals surface area contributed by atoms with E-state index in [0.29, 0.717) is 11.3 Å². The fraction of sp³-hybridized carbons (Fsp3) is 0.238. The van der Waals surface area contributed by atoms with Crippen molar-refractivity contribution in [3.05, 3.63) is 78.5 Å². The van der Waals surface area contributed by atoms with Crippen LogP contribution in [0.25, 0.3) is 10.9 Å². The van der Waals surface area contributed by atoms with Crippen LogP contribution >= 0.6 is 0 Å². The van der Waals surface area contributed by atoms with E-state index in [1.807, 2.05) is 36.4 Å². The van der Waals surface area contributed by atoms with Gasteiger partial charge in [0.05, 0.1) is 10.4 Å². The molecule has 1 aromatic heterocycles. The van der Waals surface area contributed by atoms with Gasteiger partial charge in [-0.15, -0.1) is 6.58 Å². The highest BCUT2D eigenvalue weighted by Crippen LogP contribution is 2.35. The van der Waals surface area contributed by atoms with Crippen LogP contribution in [0.3, 0.4) is 0 Å². The number of hydrogen-bond acceptors (Lipinski definition) is 3. The van der Waals surface area contributed by atoms with Crippen LogP contribution in [0.4, 0.5) is 0 Å². The molecule has 0 fully saturated rings. The molecular formula is C21H22N2O2S. The summed E-state index contributed by atoms with van der Waals surface area (Å²) in [6.45, 7) is 7.52. The van der Waals surface area contributed by atoms with Crippen LogP contribution in [-0.4, -0.2) is 29.9 Å². The molecule has 2 aromatic carbocycles. The summed E-state index contributed by atoms with van der Waals surface area (Å²) < 4.78 is 28.4. The Balaban J connectivity index is 1.98. The summed E-state index contributed by atoms with van der Waals surface area (Å²) in [5.41, 5.74) is 2.77. The Morgan fingerprint density at radius 2 is 1.81 bits per heavy atom. The zero-order valence-corrected chi connectivity index (χ0v) is 15.6. The SMILES string of the molecule is C=CCN1Cc2c(n(S(=O)(=O)c3ccccc3)c3ccccc23)CC1C. The third-order valence-electron chi connectivity index (χ3n) is 5.16. The standard InChI is InChI=1S/C21H22N2O2S/c1-3-13-22-15-19-18-11-7-8-12-20(18)23(21(19)14-16(22)2)26(24,25)17-9-5-4-6-10-17/h3-12,16H,1,13-15H2,2H3. The van der Waals surface area contributed by atoms with E-state index in [4.69, 9.17) is 0 Å². The molecule has 0 N–H and O–H groups in total. The second-order valence-electron chi connectivity index (χ2n) is 6.80. The molecule has 0 radical (unpaired) electrons. The monoisotopic (exact) mass is 366 g/mol. The minimum atomic E-state index is -3.64. The Kier molecular flexibility index (Phi) is 4.21. The summed E-state index contributed by atoms with van der Waals surface area (Å²) in [6.07, 6.45) is 2.60. The van der Waals surface area contributed by atoms with Crippen LogP contribution in [0.15, 0.2) is 72.1 Å². The average Bonchev–Trinajstić information content (AvgIpc) is 2.97. The van der Waals surface area contributed by atoms with Crippen molar-refractivity contribution in [2.75, 3.05) is 6.54 Å². The third-order valence-corrected chi connectivity index (χ3v) is 6.93. The van der Waals surface area contributed by atoms with Crippen LogP contribution in [0.5, 0.6) is 0 Å². The molecule has 0 aliphatic carbocycles. The lowest BCUT2D eigenvalue weighted by Crippen LogP contribution is -2.39. The van der Waals surface area contributed by atoms with E-state index >= 15 is 0 Å². The second-order valence-corrected chi connectivity index (χ2v) is 8.58. The first-order valence-corrected chi connectivity index (χ1v) is 10.2. The van der Waals surface area contributed by atoms with E-state index in [1.165, 1.54) is 0 Å². The lowest BCUT2D eigenvalue weighted by Gasteiger charge is -2.33. The van der Waals surface area contributed by atoms with Crippen LogP contribution in [0.1, 0.15) is 18.2 Å². The molecule has 4 nitrogen and oxygen atoms in total. The number of nitrogens with zero attached hydrogens (tertiary/aromatic N) is 2. The van der Waals surface area contributed by atoms with Gasteiger partial charge in [-0.2, -0.15) is 0 Å². The molecule has 0 amide bonds. The minimum Gasteiger partial charge on any atom is -0.292 e. The molecule has 0 saturated carbocycles. The van der Waals surface area contributed by atoms with Crippen molar-refractivity contribution in [1.82, 2.24) is 8.87 Å². The maximum atomic E-state index is 13.4. The highest BCUT2D eigenvalue weighted by atomic mass is 32.2. The van der Waals surface area contributed by atoms with Gasteiger partial charge in [-0.1, -0.05) is 42.5 Å². The highest BCUT2D eigenvalue weighted by molar-refractivity contribution is 7.90. The molecule has 5 heteroatoms. The van der Waals surface area contributed by atoms with E-state index in [9.17, 15) is 8.42 Å². The predicted molar refractivity (Wildman–Crippen MR) is 105 cm³/mol. The quantitative estimate of drug-likeness (QED) is 0.660. The van der Waals surface area contributed by atoms with Gasteiger partial charge >= 0.3 is 0 Å². The lowest BCUT2D eigenvalue weighted by molar-refractivity contribution is 0.205. The molecule has 1 unspecified atom stereocenters. The minimum absolute atomic E-state index is 0.259. The molecule has 134 valence electrons. The third kappa shape index (κ3) is 2.59. The lowest BCUT2D eigenvalue weighted by atomic mass is 9.99. The topological polar surface area (TPSA) is 42.3 Å². The van der Waals surface area contributed by atoms with E-state index in [-0.39, 0.29) is 6.04 Å². The van der Waals surface area contributed by atoms with Crippen molar-refractivity contribution in [2.24, 2.45) is 0 Å².